The van der Waals surface area contributed by atoms with Gasteiger partial charge in [0.15, 0.2) is 0 Å². The monoisotopic (exact) mass is 224 g/mol. The van der Waals surface area contributed by atoms with Crippen LogP contribution in [0.5, 0.6) is 0 Å². The van der Waals surface area contributed by atoms with Crippen molar-refractivity contribution in [3.8, 4) is 0 Å². The van der Waals surface area contributed by atoms with Gasteiger partial charge in [-0.25, -0.2) is 4.52 Å². The van der Waals surface area contributed by atoms with Crippen LogP contribution in [0.25, 0.3) is 4.96 Å². The maximum atomic E-state index is 11.6. The number of aromatic nitrogens is 3. The lowest BCUT2D eigenvalue weighted by atomic mass is 10.1. The molecule has 0 radical (unpaired) electrons. The third-order valence-electron chi connectivity index (χ3n) is 2.36. The number of fused-ring (bicyclic) bond motifs is 3. The number of ether oxygens (including phenoxy) is 1. The van der Waals surface area contributed by atoms with Crippen LogP contribution < -0.4 is 11.3 Å². The second-order valence-electron chi connectivity index (χ2n) is 3.28. The fourth-order valence-electron chi connectivity index (χ4n) is 1.70. The molecule has 0 fully saturated rings. The summed E-state index contributed by atoms with van der Waals surface area (Å²) < 4.78 is 6.88. The first-order valence-electron chi connectivity index (χ1n) is 4.50. The highest BCUT2D eigenvalue weighted by Gasteiger charge is 2.19. The third kappa shape index (κ3) is 1.24. The molecular formula is C8H8N4O2S. The van der Waals surface area contributed by atoms with Crippen LogP contribution in [-0.2, 0) is 17.8 Å². The second-order valence-corrected chi connectivity index (χ2v) is 4.27. The first-order valence-corrected chi connectivity index (χ1v) is 5.32. The number of anilines is 1. The van der Waals surface area contributed by atoms with Crippen LogP contribution >= 0.6 is 11.3 Å². The minimum Gasteiger partial charge on any atom is -0.376 e. The molecule has 78 valence electrons. The van der Waals surface area contributed by atoms with Gasteiger partial charge in [-0.3, -0.25) is 4.79 Å². The molecule has 3 rings (SSSR count). The highest BCUT2D eigenvalue weighted by atomic mass is 32.1. The van der Waals surface area contributed by atoms with Crippen molar-refractivity contribution in [2.45, 2.75) is 13.0 Å². The number of hydrogen-bond acceptors (Lipinski definition) is 6. The lowest BCUT2D eigenvalue weighted by Gasteiger charge is -2.14. The maximum Gasteiger partial charge on any atom is 0.279 e. The molecule has 3 heterocycles. The SMILES string of the molecule is Nc1nn2c3c(c(=O)nc2s1)COCC3. The summed E-state index contributed by atoms with van der Waals surface area (Å²) in [7, 11) is 0. The average Bonchev–Trinajstić information content (AvgIpc) is 2.59. The second kappa shape index (κ2) is 3.01. The number of rotatable bonds is 0. The predicted molar refractivity (Wildman–Crippen MR) is 54.9 cm³/mol. The Morgan fingerprint density at radius 2 is 2.40 bits per heavy atom. The average molecular weight is 224 g/mol. The molecule has 2 aromatic heterocycles. The Morgan fingerprint density at radius 1 is 1.53 bits per heavy atom. The van der Waals surface area contributed by atoms with Crippen LogP contribution in [0.1, 0.15) is 11.3 Å². The summed E-state index contributed by atoms with van der Waals surface area (Å²) >= 11 is 1.22. The molecule has 0 aliphatic carbocycles. The van der Waals surface area contributed by atoms with Crippen molar-refractivity contribution in [3.05, 3.63) is 21.6 Å². The van der Waals surface area contributed by atoms with Crippen molar-refractivity contribution in [2.75, 3.05) is 12.3 Å². The van der Waals surface area contributed by atoms with Gasteiger partial charge in [0.1, 0.15) is 0 Å². The number of hydrogen-bond donors (Lipinski definition) is 1. The molecule has 1 aliphatic rings. The van der Waals surface area contributed by atoms with Crippen LogP contribution in [0.4, 0.5) is 5.13 Å². The largest absolute Gasteiger partial charge is 0.376 e. The van der Waals surface area contributed by atoms with E-state index in [2.05, 4.69) is 10.1 Å². The standard InChI is InChI=1S/C8H8N4O2S/c9-7-11-12-5-1-2-14-3-4(5)6(13)10-8(12)15-7/h1-3H2,(H2,9,11). The lowest BCUT2D eigenvalue weighted by Crippen LogP contribution is -2.25. The van der Waals surface area contributed by atoms with Crippen molar-refractivity contribution in [3.63, 3.8) is 0 Å². The summed E-state index contributed by atoms with van der Waals surface area (Å²) in [6, 6.07) is 0. The highest BCUT2D eigenvalue weighted by molar-refractivity contribution is 7.20. The molecule has 0 bridgehead atoms. The van der Waals surface area contributed by atoms with Crippen LogP contribution in [0.15, 0.2) is 4.79 Å². The van der Waals surface area contributed by atoms with Gasteiger partial charge in [0.25, 0.3) is 5.56 Å². The molecule has 1 aliphatic heterocycles. The van der Waals surface area contributed by atoms with E-state index in [0.717, 1.165) is 5.69 Å². The topological polar surface area (TPSA) is 82.5 Å². The minimum atomic E-state index is -0.228. The number of nitrogens with two attached hydrogens (primary N) is 1. The van der Waals surface area contributed by atoms with E-state index < -0.39 is 0 Å². The Balaban J connectivity index is 2.43. The third-order valence-corrected chi connectivity index (χ3v) is 3.10. The summed E-state index contributed by atoms with van der Waals surface area (Å²) in [4.78, 5) is 16.1. The first kappa shape index (κ1) is 8.81. The van der Waals surface area contributed by atoms with Crippen LogP contribution in [0, 0.1) is 0 Å². The van der Waals surface area contributed by atoms with E-state index in [0.29, 0.717) is 35.3 Å². The molecule has 0 spiro atoms. The summed E-state index contributed by atoms with van der Waals surface area (Å²) in [5.74, 6) is 0. The Labute approximate surface area is 88.3 Å². The number of nitrogen functional groups attached to an aromatic ring is 1. The van der Waals surface area contributed by atoms with Crippen molar-refractivity contribution in [1.82, 2.24) is 14.6 Å². The normalized spacial score (nSPS) is 15.5. The molecular weight excluding hydrogens is 216 g/mol. The van der Waals surface area contributed by atoms with Crippen LogP contribution in [-0.4, -0.2) is 21.2 Å². The zero-order valence-electron chi connectivity index (χ0n) is 7.77. The van der Waals surface area contributed by atoms with E-state index in [4.69, 9.17) is 10.5 Å². The summed E-state index contributed by atoms with van der Waals surface area (Å²) in [5.41, 5.74) is 6.84. The zero-order chi connectivity index (χ0) is 10.4. The van der Waals surface area contributed by atoms with Gasteiger partial charge in [0, 0.05) is 6.42 Å². The summed E-state index contributed by atoms with van der Waals surface area (Å²) in [5, 5.41) is 4.54. The molecule has 2 aromatic rings. The Hall–Kier alpha value is -1.47. The first-order chi connectivity index (χ1) is 7.25. The Kier molecular flexibility index (Phi) is 1.77. The molecule has 2 N–H and O–H groups in total. The lowest BCUT2D eigenvalue weighted by molar-refractivity contribution is 0.107. The van der Waals surface area contributed by atoms with Gasteiger partial charge in [-0.05, 0) is 0 Å². The molecule has 6 nitrogen and oxygen atoms in total. The van der Waals surface area contributed by atoms with Gasteiger partial charge in [0.05, 0.1) is 24.5 Å². The zero-order valence-corrected chi connectivity index (χ0v) is 8.58. The van der Waals surface area contributed by atoms with E-state index >= 15 is 0 Å². The maximum absolute atomic E-state index is 11.6. The summed E-state index contributed by atoms with van der Waals surface area (Å²) in [6.07, 6.45) is 0.678. The van der Waals surface area contributed by atoms with Crippen LogP contribution in [0.3, 0.4) is 0 Å². The van der Waals surface area contributed by atoms with E-state index in [1.807, 2.05) is 0 Å². The van der Waals surface area contributed by atoms with Gasteiger partial charge >= 0.3 is 0 Å². The predicted octanol–water partition coefficient (Wildman–Crippen LogP) is -0.194. The van der Waals surface area contributed by atoms with Crippen LogP contribution in [0.2, 0.25) is 0 Å². The van der Waals surface area contributed by atoms with Crippen molar-refractivity contribution >= 4 is 21.4 Å². The van der Waals surface area contributed by atoms with Gasteiger partial charge in [-0.2, -0.15) is 4.98 Å². The molecule has 7 heteroatoms. The minimum absolute atomic E-state index is 0.228. The van der Waals surface area contributed by atoms with Gasteiger partial charge in [-0.1, -0.05) is 11.3 Å². The fourth-order valence-corrected chi connectivity index (χ4v) is 2.37. The fraction of sp³-hybridized carbons (Fsp3) is 0.375. The summed E-state index contributed by atoms with van der Waals surface area (Å²) in [6.45, 7) is 0.928. The highest BCUT2D eigenvalue weighted by Crippen LogP contribution is 2.19. The van der Waals surface area contributed by atoms with Crippen molar-refractivity contribution in [2.24, 2.45) is 0 Å². The molecule has 0 saturated carbocycles. The van der Waals surface area contributed by atoms with Gasteiger partial charge in [0.2, 0.25) is 10.1 Å². The van der Waals surface area contributed by atoms with E-state index in [9.17, 15) is 4.79 Å². The molecule has 0 unspecified atom stereocenters. The Morgan fingerprint density at radius 3 is 3.27 bits per heavy atom. The van der Waals surface area contributed by atoms with E-state index in [1.54, 1.807) is 4.52 Å². The molecule has 15 heavy (non-hydrogen) atoms. The quantitative estimate of drug-likeness (QED) is 0.670. The Bertz CT molecular complexity index is 588. The smallest absolute Gasteiger partial charge is 0.279 e. The number of nitrogens with zero attached hydrogens (tertiary/aromatic N) is 3. The van der Waals surface area contributed by atoms with Crippen molar-refractivity contribution in [1.29, 1.82) is 0 Å². The van der Waals surface area contributed by atoms with Gasteiger partial charge in [-0.15, -0.1) is 5.10 Å². The molecule has 0 saturated heterocycles. The molecule has 0 aromatic carbocycles. The molecule has 0 amide bonds. The molecule has 0 atom stereocenters. The van der Waals surface area contributed by atoms with E-state index in [1.165, 1.54) is 11.3 Å². The van der Waals surface area contributed by atoms with Gasteiger partial charge < -0.3 is 10.5 Å². The van der Waals surface area contributed by atoms with E-state index in [-0.39, 0.29) is 5.56 Å². The van der Waals surface area contributed by atoms with Crippen molar-refractivity contribution < 1.29 is 4.74 Å².